The summed E-state index contributed by atoms with van der Waals surface area (Å²) in [5, 5.41) is 0. The van der Waals surface area contributed by atoms with Crippen molar-refractivity contribution in [3.63, 3.8) is 0 Å². The molecule has 0 N–H and O–H groups in total. The Kier molecular flexibility index (Phi) is 4.15. The number of hydrogen-bond acceptors (Lipinski definition) is 6. The van der Waals surface area contributed by atoms with Gasteiger partial charge in [-0.15, -0.1) is 0 Å². The van der Waals surface area contributed by atoms with Gasteiger partial charge in [0.25, 0.3) is 0 Å². The zero-order chi connectivity index (χ0) is 14.7. The second-order valence-electron chi connectivity index (χ2n) is 5.54. The van der Waals surface area contributed by atoms with Gasteiger partial charge in [-0.3, -0.25) is 4.90 Å². The molecule has 0 radical (unpaired) electrons. The molecular weight excluding hydrogens is 266 g/mol. The minimum absolute atomic E-state index is 0.537. The van der Waals surface area contributed by atoms with Crippen LogP contribution in [0.5, 0.6) is 0 Å². The lowest BCUT2D eigenvalue weighted by Gasteiger charge is -2.37. The lowest BCUT2D eigenvalue weighted by molar-refractivity contribution is 0.200. The summed E-state index contributed by atoms with van der Waals surface area (Å²) in [4.78, 5) is 17.3. The number of aromatic nitrogens is 3. The van der Waals surface area contributed by atoms with Gasteiger partial charge in [0.2, 0.25) is 0 Å². The van der Waals surface area contributed by atoms with Crippen molar-refractivity contribution in [1.82, 2.24) is 19.9 Å². The smallest absolute Gasteiger partial charge is 0.181 e. The molecule has 3 rings (SSSR count). The number of anilines is 1. The standard InChI is InChI=1S/C15H21N5O/c1-12-14(18-11-21-12)9-20-7-4-13(5-8-20)19(2)15-3-6-16-10-17-15/h3,6,10-11,13H,4-5,7-9H2,1-2H3. The largest absolute Gasteiger partial charge is 0.448 e. The van der Waals surface area contributed by atoms with Crippen molar-refractivity contribution in [2.24, 2.45) is 0 Å². The Morgan fingerprint density at radius 2 is 2.14 bits per heavy atom. The molecule has 0 atom stereocenters. The van der Waals surface area contributed by atoms with E-state index in [-0.39, 0.29) is 0 Å². The van der Waals surface area contributed by atoms with E-state index in [9.17, 15) is 0 Å². The maximum atomic E-state index is 5.26. The van der Waals surface area contributed by atoms with Crippen molar-refractivity contribution in [1.29, 1.82) is 0 Å². The van der Waals surface area contributed by atoms with Gasteiger partial charge < -0.3 is 9.32 Å². The topological polar surface area (TPSA) is 58.3 Å². The molecule has 0 saturated carbocycles. The van der Waals surface area contributed by atoms with Crippen molar-refractivity contribution in [2.45, 2.75) is 32.4 Å². The van der Waals surface area contributed by atoms with Gasteiger partial charge in [0.1, 0.15) is 17.9 Å². The molecule has 0 aromatic carbocycles. The summed E-state index contributed by atoms with van der Waals surface area (Å²) >= 11 is 0. The third kappa shape index (κ3) is 3.21. The Bertz CT molecular complexity index is 562. The lowest BCUT2D eigenvalue weighted by atomic mass is 10.0. The third-order valence-corrected chi connectivity index (χ3v) is 4.25. The van der Waals surface area contributed by atoms with E-state index in [1.165, 1.54) is 6.39 Å². The van der Waals surface area contributed by atoms with Crippen LogP contribution in [-0.2, 0) is 6.54 Å². The molecule has 1 aliphatic heterocycles. The molecule has 3 heterocycles. The highest BCUT2D eigenvalue weighted by molar-refractivity contribution is 5.36. The van der Waals surface area contributed by atoms with Crippen LogP contribution in [0.1, 0.15) is 24.3 Å². The van der Waals surface area contributed by atoms with E-state index in [4.69, 9.17) is 4.42 Å². The molecule has 6 nitrogen and oxygen atoms in total. The van der Waals surface area contributed by atoms with Crippen LogP contribution in [0.25, 0.3) is 0 Å². The molecular formula is C15H21N5O. The molecule has 1 aliphatic rings. The predicted molar refractivity (Wildman–Crippen MR) is 80.0 cm³/mol. The summed E-state index contributed by atoms with van der Waals surface area (Å²) in [6.45, 7) is 5.00. The van der Waals surface area contributed by atoms with Crippen LogP contribution in [0.2, 0.25) is 0 Å². The first-order chi connectivity index (χ1) is 10.2. The molecule has 1 saturated heterocycles. The van der Waals surface area contributed by atoms with Gasteiger partial charge in [0, 0.05) is 38.9 Å². The third-order valence-electron chi connectivity index (χ3n) is 4.25. The number of nitrogens with zero attached hydrogens (tertiary/aromatic N) is 5. The van der Waals surface area contributed by atoms with Gasteiger partial charge in [-0.1, -0.05) is 0 Å². The fourth-order valence-electron chi connectivity index (χ4n) is 2.84. The summed E-state index contributed by atoms with van der Waals surface area (Å²) in [6.07, 6.45) is 7.20. The molecule has 0 aliphatic carbocycles. The van der Waals surface area contributed by atoms with Crippen LogP contribution in [0.3, 0.4) is 0 Å². The van der Waals surface area contributed by atoms with Crippen LogP contribution < -0.4 is 4.90 Å². The molecule has 6 heteroatoms. The van der Waals surface area contributed by atoms with Gasteiger partial charge >= 0.3 is 0 Å². The highest BCUT2D eigenvalue weighted by atomic mass is 16.3. The van der Waals surface area contributed by atoms with Crippen molar-refractivity contribution < 1.29 is 4.42 Å². The van der Waals surface area contributed by atoms with E-state index in [0.29, 0.717) is 6.04 Å². The highest BCUT2D eigenvalue weighted by Gasteiger charge is 2.24. The Morgan fingerprint density at radius 1 is 1.33 bits per heavy atom. The van der Waals surface area contributed by atoms with Gasteiger partial charge in [-0.25, -0.2) is 15.0 Å². The number of hydrogen-bond donors (Lipinski definition) is 0. The molecule has 0 bridgehead atoms. The summed E-state index contributed by atoms with van der Waals surface area (Å²) in [5.74, 6) is 1.92. The van der Waals surface area contributed by atoms with Crippen molar-refractivity contribution in [3.05, 3.63) is 36.4 Å². The summed E-state index contributed by atoms with van der Waals surface area (Å²) < 4.78 is 5.26. The highest BCUT2D eigenvalue weighted by Crippen LogP contribution is 2.21. The fourth-order valence-corrected chi connectivity index (χ4v) is 2.84. The molecule has 1 fully saturated rings. The van der Waals surface area contributed by atoms with Gasteiger partial charge in [-0.05, 0) is 25.8 Å². The average molecular weight is 287 g/mol. The Hall–Kier alpha value is -1.95. The van der Waals surface area contributed by atoms with Gasteiger partial charge in [-0.2, -0.15) is 0 Å². The predicted octanol–water partition coefficient (Wildman–Crippen LogP) is 1.87. The molecule has 2 aromatic rings. The first kappa shape index (κ1) is 14.0. The number of oxazole rings is 1. The van der Waals surface area contributed by atoms with E-state index < -0.39 is 0 Å². The van der Waals surface area contributed by atoms with Crippen molar-refractivity contribution in [3.8, 4) is 0 Å². The zero-order valence-electron chi connectivity index (χ0n) is 12.6. The van der Waals surface area contributed by atoms with Gasteiger partial charge in [0.15, 0.2) is 6.39 Å². The van der Waals surface area contributed by atoms with Gasteiger partial charge in [0.05, 0.1) is 5.69 Å². The number of aryl methyl sites for hydroxylation is 1. The lowest BCUT2D eigenvalue weighted by Crippen LogP contribution is -2.43. The zero-order valence-corrected chi connectivity index (χ0v) is 12.6. The second-order valence-corrected chi connectivity index (χ2v) is 5.54. The normalized spacial score (nSPS) is 17.0. The van der Waals surface area contributed by atoms with E-state index in [1.807, 2.05) is 13.0 Å². The van der Waals surface area contributed by atoms with Crippen LogP contribution in [0.4, 0.5) is 5.82 Å². The molecule has 2 aromatic heterocycles. The average Bonchev–Trinajstić information content (AvgIpc) is 2.93. The SMILES string of the molecule is Cc1ocnc1CN1CCC(N(C)c2ccncn2)CC1. The maximum absolute atomic E-state index is 5.26. The molecule has 21 heavy (non-hydrogen) atoms. The Balaban J connectivity index is 1.54. The van der Waals surface area contributed by atoms with Crippen LogP contribution >= 0.6 is 0 Å². The van der Waals surface area contributed by atoms with E-state index in [1.54, 1.807) is 12.5 Å². The summed E-state index contributed by atoms with van der Waals surface area (Å²) in [6, 6.07) is 2.50. The van der Waals surface area contributed by atoms with Crippen LogP contribution in [-0.4, -0.2) is 46.0 Å². The van der Waals surface area contributed by atoms with E-state index in [2.05, 4.69) is 31.8 Å². The first-order valence-electron chi connectivity index (χ1n) is 7.34. The minimum atomic E-state index is 0.537. The number of likely N-dealkylation sites (tertiary alicyclic amines) is 1. The quantitative estimate of drug-likeness (QED) is 0.855. The summed E-state index contributed by atoms with van der Waals surface area (Å²) in [7, 11) is 2.12. The fraction of sp³-hybridized carbons (Fsp3) is 0.533. The van der Waals surface area contributed by atoms with Crippen LogP contribution in [0.15, 0.2) is 29.4 Å². The Labute approximate surface area is 124 Å². The number of rotatable bonds is 4. The Morgan fingerprint density at radius 3 is 2.76 bits per heavy atom. The van der Waals surface area contributed by atoms with E-state index in [0.717, 1.165) is 49.7 Å². The first-order valence-corrected chi connectivity index (χ1v) is 7.34. The molecule has 112 valence electrons. The molecule has 0 amide bonds. The number of piperidine rings is 1. The molecule has 0 unspecified atom stereocenters. The van der Waals surface area contributed by atoms with Crippen LogP contribution in [0, 0.1) is 6.92 Å². The van der Waals surface area contributed by atoms with E-state index >= 15 is 0 Å². The minimum Gasteiger partial charge on any atom is -0.448 e. The van der Waals surface area contributed by atoms with Crippen molar-refractivity contribution >= 4 is 5.82 Å². The summed E-state index contributed by atoms with van der Waals surface area (Å²) in [5.41, 5.74) is 1.05. The molecule has 0 spiro atoms. The maximum Gasteiger partial charge on any atom is 0.181 e. The second kappa shape index (κ2) is 6.22. The monoisotopic (exact) mass is 287 g/mol. The van der Waals surface area contributed by atoms with Crippen molar-refractivity contribution in [2.75, 3.05) is 25.0 Å².